The molecule has 0 bridgehead atoms. The van der Waals surface area contributed by atoms with E-state index < -0.39 is 0 Å². The van der Waals surface area contributed by atoms with Crippen LogP contribution in [0, 0.1) is 5.92 Å². The van der Waals surface area contributed by atoms with Crippen molar-refractivity contribution in [2.45, 2.75) is 45.7 Å². The average molecular weight is 323 g/mol. The lowest BCUT2D eigenvalue weighted by Gasteiger charge is -2.17. The molecule has 2 unspecified atom stereocenters. The lowest BCUT2D eigenvalue weighted by molar-refractivity contribution is 0.473. The predicted molar refractivity (Wildman–Crippen MR) is 99.0 cm³/mol. The summed E-state index contributed by atoms with van der Waals surface area (Å²) in [7, 11) is 0. The molecule has 0 aliphatic carbocycles. The van der Waals surface area contributed by atoms with Crippen molar-refractivity contribution in [3.8, 4) is 0 Å². The van der Waals surface area contributed by atoms with Crippen LogP contribution in [0.15, 0.2) is 30.3 Å². The first-order valence-corrected chi connectivity index (χ1v) is 9.00. The molecule has 22 heavy (non-hydrogen) atoms. The highest BCUT2D eigenvalue weighted by atomic mass is 32.2. The van der Waals surface area contributed by atoms with Gasteiger partial charge in [-0.05, 0) is 55.4 Å². The van der Waals surface area contributed by atoms with Crippen LogP contribution in [0.2, 0.25) is 0 Å². The van der Waals surface area contributed by atoms with Crippen molar-refractivity contribution < 1.29 is 4.55 Å². The van der Waals surface area contributed by atoms with Crippen LogP contribution in [0.25, 0.3) is 6.08 Å². The zero-order valence-corrected chi connectivity index (χ0v) is 14.8. The van der Waals surface area contributed by atoms with Gasteiger partial charge in [-0.15, -0.1) is 0 Å². The third-order valence-electron chi connectivity index (χ3n) is 3.53. The Labute approximate surface area is 139 Å². The third-order valence-corrected chi connectivity index (χ3v) is 4.00. The highest BCUT2D eigenvalue weighted by Gasteiger charge is 2.06. The fraction of sp³-hybridized carbons (Fsp3) is 0.556. The lowest BCUT2D eigenvalue weighted by atomic mass is 10.0. The van der Waals surface area contributed by atoms with Gasteiger partial charge in [0.25, 0.3) is 0 Å². The Balaban J connectivity index is 2.58. The number of rotatable bonds is 10. The van der Waals surface area contributed by atoms with Gasteiger partial charge < -0.3 is 15.6 Å². The molecule has 3 nitrogen and oxygen atoms in total. The second-order valence-corrected chi connectivity index (χ2v) is 6.86. The fourth-order valence-corrected chi connectivity index (χ4v) is 2.57. The first-order valence-electron chi connectivity index (χ1n) is 8.06. The van der Waals surface area contributed by atoms with Gasteiger partial charge in [-0.25, -0.2) is 0 Å². The molecule has 0 aliphatic heterocycles. The van der Waals surface area contributed by atoms with E-state index in [0.717, 1.165) is 42.7 Å². The van der Waals surface area contributed by atoms with Crippen LogP contribution < -0.4 is 11.1 Å². The van der Waals surface area contributed by atoms with Gasteiger partial charge in [-0.2, -0.15) is 0 Å². The van der Waals surface area contributed by atoms with Crippen molar-refractivity contribution >= 4 is 18.1 Å². The molecule has 1 rings (SSSR count). The van der Waals surface area contributed by atoms with Gasteiger partial charge in [-0.1, -0.05) is 50.3 Å². The summed E-state index contributed by atoms with van der Waals surface area (Å²) in [6.07, 6.45) is 6.51. The number of benzene rings is 1. The summed E-state index contributed by atoms with van der Waals surface area (Å²) in [5.74, 6) is 1.43. The van der Waals surface area contributed by atoms with Crippen LogP contribution in [0.5, 0.6) is 0 Å². The number of nitrogens with one attached hydrogen (secondary N) is 1. The summed E-state index contributed by atoms with van der Waals surface area (Å²) >= 11 is 0.913. The van der Waals surface area contributed by atoms with Crippen molar-refractivity contribution in [3.05, 3.63) is 41.5 Å². The van der Waals surface area contributed by atoms with Gasteiger partial charge >= 0.3 is 0 Å². The number of hydrogen-bond donors (Lipinski definition) is 3. The van der Waals surface area contributed by atoms with Gasteiger partial charge in [0.1, 0.15) is 0 Å². The van der Waals surface area contributed by atoms with Crippen molar-refractivity contribution in [1.29, 1.82) is 0 Å². The molecule has 4 N–H and O–H groups in total. The van der Waals surface area contributed by atoms with Gasteiger partial charge in [-0.3, -0.25) is 0 Å². The van der Waals surface area contributed by atoms with E-state index in [1.165, 1.54) is 5.56 Å². The summed E-state index contributed by atoms with van der Waals surface area (Å²) in [4.78, 5) is 0. The zero-order valence-electron chi connectivity index (χ0n) is 14.0. The molecule has 124 valence electrons. The van der Waals surface area contributed by atoms with Crippen LogP contribution in [0.3, 0.4) is 0 Å². The summed E-state index contributed by atoms with van der Waals surface area (Å²) in [5, 5.41) is 3.55. The highest BCUT2D eigenvalue weighted by Crippen LogP contribution is 2.13. The minimum absolute atomic E-state index is 0.0813. The van der Waals surface area contributed by atoms with Crippen LogP contribution in [-0.4, -0.2) is 22.9 Å². The van der Waals surface area contributed by atoms with E-state index in [1.54, 1.807) is 0 Å². The molecule has 0 radical (unpaired) electrons. The molecule has 0 heterocycles. The average Bonchev–Trinajstić information content (AvgIpc) is 2.48. The van der Waals surface area contributed by atoms with E-state index in [0.29, 0.717) is 12.0 Å². The van der Waals surface area contributed by atoms with Crippen molar-refractivity contribution in [1.82, 2.24) is 5.32 Å². The second-order valence-electron chi connectivity index (χ2n) is 6.19. The van der Waals surface area contributed by atoms with E-state index in [2.05, 4.69) is 55.6 Å². The van der Waals surface area contributed by atoms with Crippen molar-refractivity contribution in [2.75, 3.05) is 12.3 Å². The molecule has 4 heteroatoms. The van der Waals surface area contributed by atoms with Gasteiger partial charge in [0.15, 0.2) is 0 Å². The van der Waals surface area contributed by atoms with Crippen LogP contribution in [0.1, 0.15) is 50.8 Å². The van der Waals surface area contributed by atoms with E-state index in [9.17, 15) is 0 Å². The maximum Gasteiger partial charge on any atom is 0.0266 e. The maximum absolute atomic E-state index is 8.76. The van der Waals surface area contributed by atoms with Crippen molar-refractivity contribution in [2.24, 2.45) is 11.7 Å². The predicted octanol–water partition coefficient (Wildman–Crippen LogP) is 4.32. The summed E-state index contributed by atoms with van der Waals surface area (Å²) < 4.78 is 8.76. The first kappa shape index (κ1) is 19.2. The standard InChI is InChI=1S/C18H30N2OS/c1-14(2)13-18(20-11-4-12-22-21)10-7-16-5-8-17(9-6-16)15(3)19/h5-10,14-15,18,20-21H,4,11-13,19H2,1-3H3/b10-7+. The molecule has 1 aromatic rings. The van der Waals surface area contributed by atoms with E-state index in [1.807, 2.05) is 6.92 Å². The van der Waals surface area contributed by atoms with Gasteiger partial charge in [0.2, 0.25) is 0 Å². The number of hydrogen-bond acceptors (Lipinski definition) is 4. The minimum Gasteiger partial charge on any atom is -0.330 e. The third kappa shape index (κ3) is 7.99. The topological polar surface area (TPSA) is 58.3 Å². The fourth-order valence-electron chi connectivity index (χ4n) is 2.30. The largest absolute Gasteiger partial charge is 0.330 e. The Hall–Kier alpha value is -0.810. The van der Waals surface area contributed by atoms with Crippen LogP contribution in [0.4, 0.5) is 0 Å². The summed E-state index contributed by atoms with van der Waals surface area (Å²) in [5.41, 5.74) is 8.24. The number of nitrogens with two attached hydrogens (primary N) is 1. The summed E-state index contributed by atoms with van der Waals surface area (Å²) in [6, 6.07) is 8.87. The van der Waals surface area contributed by atoms with Gasteiger partial charge in [0, 0.05) is 17.8 Å². The molecule has 0 fully saturated rings. The van der Waals surface area contributed by atoms with E-state index in [4.69, 9.17) is 10.3 Å². The highest BCUT2D eigenvalue weighted by molar-refractivity contribution is 7.93. The second kappa shape index (κ2) is 10.8. The molecule has 0 saturated carbocycles. The SMILES string of the molecule is CC(C)CC(/C=C/c1ccc(C(C)N)cc1)NCCCSO. The molecular formula is C18H30N2OS. The minimum atomic E-state index is 0.0813. The zero-order chi connectivity index (χ0) is 16.4. The quantitative estimate of drug-likeness (QED) is 0.443. The van der Waals surface area contributed by atoms with E-state index in [-0.39, 0.29) is 6.04 Å². The molecule has 0 aromatic heterocycles. The van der Waals surface area contributed by atoms with E-state index >= 15 is 0 Å². The molecule has 0 aliphatic rings. The van der Waals surface area contributed by atoms with Crippen LogP contribution in [-0.2, 0) is 0 Å². The first-order chi connectivity index (χ1) is 10.5. The Morgan fingerprint density at radius 3 is 2.45 bits per heavy atom. The Kier molecular flexibility index (Phi) is 9.48. The Bertz CT molecular complexity index is 429. The molecule has 0 spiro atoms. The Morgan fingerprint density at radius 2 is 1.91 bits per heavy atom. The molecule has 1 aromatic carbocycles. The molecule has 0 amide bonds. The molecule has 0 saturated heterocycles. The van der Waals surface area contributed by atoms with Crippen LogP contribution >= 0.6 is 12.0 Å². The van der Waals surface area contributed by atoms with Crippen molar-refractivity contribution in [3.63, 3.8) is 0 Å². The molecular weight excluding hydrogens is 292 g/mol. The monoisotopic (exact) mass is 322 g/mol. The lowest BCUT2D eigenvalue weighted by Crippen LogP contribution is -2.29. The molecule has 2 atom stereocenters. The van der Waals surface area contributed by atoms with Gasteiger partial charge in [0.05, 0.1) is 0 Å². The maximum atomic E-state index is 8.76. The normalized spacial score (nSPS) is 14.6. The summed E-state index contributed by atoms with van der Waals surface area (Å²) in [6.45, 7) is 7.41. The Morgan fingerprint density at radius 1 is 1.23 bits per heavy atom. The smallest absolute Gasteiger partial charge is 0.0266 e.